The highest BCUT2D eigenvalue weighted by Gasteiger charge is 2.19. The van der Waals surface area contributed by atoms with E-state index in [2.05, 4.69) is 22.1 Å². The van der Waals surface area contributed by atoms with Gasteiger partial charge in [-0.25, -0.2) is 0 Å². The van der Waals surface area contributed by atoms with Crippen molar-refractivity contribution in [3.63, 3.8) is 0 Å². The highest BCUT2D eigenvalue weighted by molar-refractivity contribution is 5.00. The van der Waals surface area contributed by atoms with Crippen molar-refractivity contribution in [3.8, 4) is 6.07 Å². The van der Waals surface area contributed by atoms with Gasteiger partial charge in [0.1, 0.15) is 0 Å². The lowest BCUT2D eigenvalue weighted by molar-refractivity contribution is 0.201. The van der Waals surface area contributed by atoms with Gasteiger partial charge in [-0.15, -0.1) is 0 Å². The molecular formula is C12H18N4. The number of rotatable bonds is 3. The summed E-state index contributed by atoms with van der Waals surface area (Å²) in [5.41, 5.74) is 1.26. The summed E-state index contributed by atoms with van der Waals surface area (Å²) in [6.07, 6.45) is 5.08. The lowest BCUT2D eigenvalue weighted by Crippen LogP contribution is -2.36. The zero-order chi connectivity index (χ0) is 11.4. The lowest BCUT2D eigenvalue weighted by atomic mass is 9.99. The first kappa shape index (κ1) is 11.2. The van der Waals surface area contributed by atoms with Crippen LogP contribution in [-0.4, -0.2) is 34.3 Å². The zero-order valence-corrected chi connectivity index (χ0v) is 9.76. The van der Waals surface area contributed by atoms with Gasteiger partial charge < -0.3 is 4.90 Å². The number of hydrogen-bond donors (Lipinski definition) is 0. The third-order valence-electron chi connectivity index (χ3n) is 3.29. The first-order valence-electron chi connectivity index (χ1n) is 5.88. The van der Waals surface area contributed by atoms with Gasteiger partial charge in [0.2, 0.25) is 0 Å². The van der Waals surface area contributed by atoms with Crippen LogP contribution in [0, 0.1) is 17.2 Å². The number of nitriles is 1. The van der Waals surface area contributed by atoms with Crippen molar-refractivity contribution < 1.29 is 0 Å². The molecule has 0 bridgehead atoms. The van der Waals surface area contributed by atoms with Crippen LogP contribution < -0.4 is 0 Å². The molecule has 1 saturated heterocycles. The second-order valence-corrected chi connectivity index (χ2v) is 4.47. The van der Waals surface area contributed by atoms with E-state index in [1.165, 1.54) is 5.69 Å². The van der Waals surface area contributed by atoms with Gasteiger partial charge in [0.25, 0.3) is 0 Å². The minimum absolute atomic E-state index is 0.236. The predicted octanol–water partition coefficient (Wildman–Crippen LogP) is 1.20. The summed E-state index contributed by atoms with van der Waals surface area (Å²) in [4.78, 5) is 2.39. The minimum Gasteiger partial charge on any atom is -0.302 e. The first-order valence-corrected chi connectivity index (χ1v) is 5.88. The number of likely N-dealkylation sites (tertiary alicyclic amines) is 1. The number of aryl methyl sites for hydroxylation is 1. The average molecular weight is 218 g/mol. The summed E-state index contributed by atoms with van der Waals surface area (Å²) in [5, 5.41) is 13.1. The van der Waals surface area contributed by atoms with Crippen LogP contribution in [0.2, 0.25) is 0 Å². The van der Waals surface area contributed by atoms with E-state index >= 15 is 0 Å². The topological polar surface area (TPSA) is 44.9 Å². The van der Waals surface area contributed by atoms with Gasteiger partial charge in [0.15, 0.2) is 0 Å². The summed E-state index contributed by atoms with van der Waals surface area (Å²) in [7, 11) is 1.98. The Kier molecular flexibility index (Phi) is 3.58. The molecule has 4 heteroatoms. The van der Waals surface area contributed by atoms with E-state index in [0.29, 0.717) is 0 Å². The molecule has 0 aromatic carbocycles. The molecule has 0 amide bonds. The molecule has 2 rings (SSSR count). The molecule has 0 saturated carbocycles. The summed E-state index contributed by atoms with van der Waals surface area (Å²) in [6.45, 7) is 3.11. The Bertz CT molecular complexity index is 377. The van der Waals surface area contributed by atoms with Gasteiger partial charge in [-0.3, -0.25) is 4.68 Å². The van der Waals surface area contributed by atoms with Gasteiger partial charge in [-0.1, -0.05) is 0 Å². The predicted molar refractivity (Wildman–Crippen MR) is 61.7 cm³/mol. The van der Waals surface area contributed by atoms with E-state index < -0.39 is 0 Å². The van der Waals surface area contributed by atoms with Gasteiger partial charge >= 0.3 is 0 Å². The quantitative estimate of drug-likeness (QED) is 0.765. The standard InChI is InChI=1S/C12H18N4/c1-15-12(4-6-14-15)5-8-16-7-2-3-11(9-13)10-16/h4,6,11H,2-3,5,7-8,10H2,1H3. The molecule has 0 N–H and O–H groups in total. The van der Waals surface area contributed by atoms with Crippen molar-refractivity contribution in [1.82, 2.24) is 14.7 Å². The molecule has 16 heavy (non-hydrogen) atoms. The van der Waals surface area contributed by atoms with Crippen LogP contribution in [0.15, 0.2) is 12.3 Å². The van der Waals surface area contributed by atoms with E-state index in [1.54, 1.807) is 0 Å². The Morgan fingerprint density at radius 2 is 2.50 bits per heavy atom. The van der Waals surface area contributed by atoms with Crippen molar-refractivity contribution in [2.45, 2.75) is 19.3 Å². The smallest absolute Gasteiger partial charge is 0.0669 e. The van der Waals surface area contributed by atoms with E-state index in [9.17, 15) is 0 Å². The third-order valence-corrected chi connectivity index (χ3v) is 3.29. The number of piperidine rings is 1. The highest BCUT2D eigenvalue weighted by atomic mass is 15.3. The highest BCUT2D eigenvalue weighted by Crippen LogP contribution is 2.15. The van der Waals surface area contributed by atoms with E-state index in [1.807, 2.05) is 17.9 Å². The summed E-state index contributed by atoms with van der Waals surface area (Å²) in [5.74, 6) is 0.236. The van der Waals surface area contributed by atoms with Gasteiger partial charge in [0, 0.05) is 38.4 Å². The average Bonchev–Trinajstić information content (AvgIpc) is 2.72. The number of hydrogen-bond acceptors (Lipinski definition) is 3. The fourth-order valence-corrected chi connectivity index (χ4v) is 2.28. The molecule has 1 unspecified atom stereocenters. The van der Waals surface area contributed by atoms with Crippen molar-refractivity contribution in [2.75, 3.05) is 19.6 Å². The molecule has 1 fully saturated rings. The largest absolute Gasteiger partial charge is 0.302 e. The fourth-order valence-electron chi connectivity index (χ4n) is 2.28. The van der Waals surface area contributed by atoms with Gasteiger partial charge in [0.05, 0.1) is 12.0 Å². The number of nitrogens with zero attached hydrogens (tertiary/aromatic N) is 4. The Morgan fingerprint density at radius 3 is 3.19 bits per heavy atom. The third kappa shape index (κ3) is 2.61. The molecule has 1 atom stereocenters. The van der Waals surface area contributed by atoms with Gasteiger partial charge in [-0.2, -0.15) is 10.4 Å². The number of aromatic nitrogens is 2. The van der Waals surface area contributed by atoms with Crippen LogP contribution in [0.25, 0.3) is 0 Å². The van der Waals surface area contributed by atoms with Crippen molar-refractivity contribution in [1.29, 1.82) is 5.26 Å². The SMILES string of the molecule is Cn1nccc1CCN1CCCC(C#N)C1. The monoisotopic (exact) mass is 218 g/mol. The normalized spacial score (nSPS) is 21.9. The Balaban J connectivity index is 1.82. The molecule has 1 aliphatic rings. The van der Waals surface area contributed by atoms with Crippen molar-refractivity contribution >= 4 is 0 Å². The van der Waals surface area contributed by atoms with Crippen LogP contribution in [0.4, 0.5) is 0 Å². The molecule has 1 aliphatic heterocycles. The molecule has 0 spiro atoms. The van der Waals surface area contributed by atoms with Crippen LogP contribution in [0.1, 0.15) is 18.5 Å². The molecular weight excluding hydrogens is 200 g/mol. The molecule has 4 nitrogen and oxygen atoms in total. The Morgan fingerprint density at radius 1 is 1.62 bits per heavy atom. The maximum Gasteiger partial charge on any atom is 0.0669 e. The molecule has 1 aromatic heterocycles. The zero-order valence-electron chi connectivity index (χ0n) is 9.76. The van der Waals surface area contributed by atoms with Crippen molar-refractivity contribution in [3.05, 3.63) is 18.0 Å². The molecule has 1 aromatic rings. The molecule has 0 aliphatic carbocycles. The Hall–Kier alpha value is -1.34. The maximum absolute atomic E-state index is 8.91. The molecule has 86 valence electrons. The molecule has 2 heterocycles. The van der Waals surface area contributed by atoms with Crippen molar-refractivity contribution in [2.24, 2.45) is 13.0 Å². The summed E-state index contributed by atoms with van der Waals surface area (Å²) < 4.78 is 1.92. The maximum atomic E-state index is 8.91. The van der Waals surface area contributed by atoms with Crippen LogP contribution in [0.3, 0.4) is 0 Å². The van der Waals surface area contributed by atoms with E-state index in [-0.39, 0.29) is 5.92 Å². The van der Waals surface area contributed by atoms with Crippen LogP contribution in [0.5, 0.6) is 0 Å². The summed E-state index contributed by atoms with van der Waals surface area (Å²) >= 11 is 0. The van der Waals surface area contributed by atoms with E-state index in [0.717, 1.165) is 38.9 Å². The second kappa shape index (κ2) is 5.13. The Labute approximate surface area is 96.5 Å². The van der Waals surface area contributed by atoms with Gasteiger partial charge in [-0.05, 0) is 25.5 Å². The lowest BCUT2D eigenvalue weighted by Gasteiger charge is -2.29. The minimum atomic E-state index is 0.236. The van der Waals surface area contributed by atoms with Crippen LogP contribution in [-0.2, 0) is 13.5 Å². The van der Waals surface area contributed by atoms with E-state index in [4.69, 9.17) is 5.26 Å². The summed E-state index contributed by atoms with van der Waals surface area (Å²) in [6, 6.07) is 4.44. The second-order valence-electron chi connectivity index (χ2n) is 4.47. The molecule has 0 radical (unpaired) electrons. The van der Waals surface area contributed by atoms with Crippen LogP contribution >= 0.6 is 0 Å². The first-order chi connectivity index (χ1) is 7.79. The fraction of sp³-hybridized carbons (Fsp3) is 0.667.